The highest BCUT2D eigenvalue weighted by atomic mass is 16.3. The van der Waals surface area contributed by atoms with E-state index < -0.39 is 0 Å². The molecule has 19 heavy (non-hydrogen) atoms. The van der Waals surface area contributed by atoms with Gasteiger partial charge in [-0.1, -0.05) is 0 Å². The summed E-state index contributed by atoms with van der Waals surface area (Å²) in [6.07, 6.45) is 0. The number of carbonyl (C=O) groups excluding carboxylic acids is 1. The second-order valence-electron chi connectivity index (χ2n) is 4.63. The first-order chi connectivity index (χ1) is 8.93. The largest absolute Gasteiger partial charge is 0.394 e. The Morgan fingerprint density at radius 1 is 1.47 bits per heavy atom. The number of hydrogen-bond donors (Lipinski definition) is 1. The molecule has 2 aromatic rings. The summed E-state index contributed by atoms with van der Waals surface area (Å²) in [7, 11) is 1.61. The van der Waals surface area contributed by atoms with Gasteiger partial charge in [0.25, 0.3) is 11.7 Å². The number of fused-ring (bicyclic) bond motifs is 1. The number of amides is 1. The Morgan fingerprint density at radius 3 is 2.79 bits per heavy atom. The monoisotopic (exact) mass is 263 g/mol. The third-order valence-electron chi connectivity index (χ3n) is 3.06. The van der Waals surface area contributed by atoms with E-state index in [0.717, 1.165) is 11.4 Å². The third-order valence-corrected chi connectivity index (χ3v) is 3.06. The zero-order valence-electron chi connectivity index (χ0n) is 11.5. The molecule has 2 rings (SSSR count). The van der Waals surface area contributed by atoms with Crippen molar-refractivity contribution in [3.05, 3.63) is 23.3 Å². The van der Waals surface area contributed by atoms with E-state index in [-0.39, 0.29) is 24.4 Å². The van der Waals surface area contributed by atoms with Gasteiger partial charge in [-0.2, -0.15) is 4.98 Å². The molecule has 0 radical (unpaired) electrons. The molecular weight excluding hydrogens is 246 g/mol. The van der Waals surface area contributed by atoms with Gasteiger partial charge >= 0.3 is 0 Å². The summed E-state index contributed by atoms with van der Waals surface area (Å²) in [6, 6.07) is 1.59. The van der Waals surface area contributed by atoms with Gasteiger partial charge in [0, 0.05) is 18.4 Å². The molecule has 0 fully saturated rings. The molecule has 2 aromatic heterocycles. The lowest BCUT2D eigenvalue weighted by Gasteiger charge is -2.21. The fourth-order valence-corrected chi connectivity index (χ4v) is 1.74. The summed E-state index contributed by atoms with van der Waals surface area (Å²) in [5, 5.41) is 13.2. The maximum atomic E-state index is 12.2. The van der Waals surface area contributed by atoms with Crippen molar-refractivity contribution >= 4 is 11.7 Å². The van der Waals surface area contributed by atoms with E-state index in [4.69, 9.17) is 5.11 Å². The number of aryl methyl sites for hydroxylation is 2. The molecule has 0 saturated heterocycles. The van der Waals surface area contributed by atoms with Gasteiger partial charge in [-0.25, -0.2) is 9.50 Å². The maximum absolute atomic E-state index is 12.2. The fraction of sp³-hybridized carbons (Fsp3) is 0.500. The van der Waals surface area contributed by atoms with Crippen LogP contribution in [0.5, 0.6) is 0 Å². The summed E-state index contributed by atoms with van der Waals surface area (Å²) >= 11 is 0. The molecule has 0 aliphatic rings. The first kappa shape index (κ1) is 13.4. The van der Waals surface area contributed by atoms with Gasteiger partial charge in [-0.3, -0.25) is 4.79 Å². The summed E-state index contributed by atoms with van der Waals surface area (Å²) in [5.41, 5.74) is 1.69. The van der Waals surface area contributed by atoms with Crippen molar-refractivity contribution in [1.29, 1.82) is 0 Å². The van der Waals surface area contributed by atoms with Crippen LogP contribution in [0.25, 0.3) is 5.78 Å². The minimum atomic E-state index is -0.330. The van der Waals surface area contributed by atoms with Gasteiger partial charge in [-0.05, 0) is 26.8 Å². The highest BCUT2D eigenvalue weighted by Gasteiger charge is 2.22. The standard InChI is InChI=1S/C12H17N5O2/c1-7-5-8(2)17-12(13-7)14-10(15-17)11(19)16(4)9(3)6-18/h5,9,18H,6H2,1-4H3. The van der Waals surface area contributed by atoms with Crippen molar-refractivity contribution in [2.45, 2.75) is 26.8 Å². The van der Waals surface area contributed by atoms with Crippen molar-refractivity contribution in [2.24, 2.45) is 0 Å². The van der Waals surface area contributed by atoms with Crippen LogP contribution in [0.3, 0.4) is 0 Å². The number of aromatic nitrogens is 4. The van der Waals surface area contributed by atoms with E-state index in [9.17, 15) is 4.79 Å². The van der Waals surface area contributed by atoms with Gasteiger partial charge in [0.05, 0.1) is 12.6 Å². The lowest BCUT2D eigenvalue weighted by Crippen LogP contribution is -2.37. The molecule has 7 nitrogen and oxygen atoms in total. The minimum absolute atomic E-state index is 0.0870. The van der Waals surface area contributed by atoms with Gasteiger partial charge in [0.15, 0.2) is 0 Å². The molecule has 0 bridgehead atoms. The highest BCUT2D eigenvalue weighted by Crippen LogP contribution is 2.08. The SMILES string of the molecule is Cc1cc(C)n2nc(C(=O)N(C)C(C)CO)nc2n1. The quantitative estimate of drug-likeness (QED) is 0.855. The number of aliphatic hydroxyl groups is 1. The first-order valence-electron chi connectivity index (χ1n) is 6.03. The summed E-state index contributed by atoms with van der Waals surface area (Å²) < 4.78 is 1.54. The maximum Gasteiger partial charge on any atom is 0.293 e. The molecule has 1 amide bonds. The third kappa shape index (κ3) is 2.41. The van der Waals surface area contributed by atoms with E-state index >= 15 is 0 Å². The lowest BCUT2D eigenvalue weighted by molar-refractivity contribution is 0.0670. The Morgan fingerprint density at radius 2 is 2.16 bits per heavy atom. The number of likely N-dealkylation sites (N-methyl/N-ethyl adjacent to an activating group) is 1. The summed E-state index contributed by atoms with van der Waals surface area (Å²) in [5.74, 6) is 0.166. The second kappa shape index (κ2) is 4.93. The van der Waals surface area contributed by atoms with Crippen LogP contribution in [0.15, 0.2) is 6.07 Å². The van der Waals surface area contributed by atoms with Crippen LogP contribution in [0.4, 0.5) is 0 Å². The average Bonchev–Trinajstić information content (AvgIpc) is 2.80. The number of carbonyl (C=O) groups is 1. The molecule has 2 heterocycles. The average molecular weight is 263 g/mol. The number of nitrogens with zero attached hydrogens (tertiary/aromatic N) is 5. The van der Waals surface area contributed by atoms with Crippen molar-refractivity contribution in [2.75, 3.05) is 13.7 Å². The molecule has 1 unspecified atom stereocenters. The highest BCUT2D eigenvalue weighted by molar-refractivity contribution is 5.90. The molecule has 0 spiro atoms. The van der Waals surface area contributed by atoms with Gasteiger partial charge in [0.2, 0.25) is 5.82 Å². The molecule has 1 atom stereocenters. The molecule has 0 aliphatic heterocycles. The zero-order valence-corrected chi connectivity index (χ0v) is 11.5. The molecule has 0 aromatic carbocycles. The van der Waals surface area contributed by atoms with E-state index in [1.54, 1.807) is 14.0 Å². The molecule has 102 valence electrons. The molecule has 1 N–H and O–H groups in total. The van der Waals surface area contributed by atoms with E-state index in [1.807, 2.05) is 19.9 Å². The number of rotatable bonds is 3. The number of hydrogen-bond acceptors (Lipinski definition) is 5. The zero-order chi connectivity index (χ0) is 14.2. The Bertz CT molecular complexity index is 622. The van der Waals surface area contributed by atoms with Crippen molar-refractivity contribution < 1.29 is 9.90 Å². The number of aliphatic hydroxyl groups excluding tert-OH is 1. The van der Waals surface area contributed by atoms with Crippen LogP contribution >= 0.6 is 0 Å². The Balaban J connectivity index is 2.41. The Hall–Kier alpha value is -2.02. The van der Waals surface area contributed by atoms with Gasteiger partial charge < -0.3 is 10.0 Å². The first-order valence-corrected chi connectivity index (χ1v) is 6.03. The smallest absolute Gasteiger partial charge is 0.293 e. The second-order valence-corrected chi connectivity index (χ2v) is 4.63. The lowest BCUT2D eigenvalue weighted by atomic mass is 10.3. The summed E-state index contributed by atoms with van der Waals surface area (Å²) in [4.78, 5) is 21.9. The molecule has 0 saturated carbocycles. The van der Waals surface area contributed by atoms with Crippen LogP contribution < -0.4 is 0 Å². The predicted molar refractivity (Wildman–Crippen MR) is 68.9 cm³/mol. The van der Waals surface area contributed by atoms with E-state index in [0.29, 0.717) is 5.78 Å². The van der Waals surface area contributed by atoms with Crippen LogP contribution in [0.1, 0.15) is 28.9 Å². The van der Waals surface area contributed by atoms with Crippen molar-refractivity contribution in [1.82, 2.24) is 24.5 Å². The molecule has 7 heteroatoms. The summed E-state index contributed by atoms with van der Waals surface area (Å²) in [6.45, 7) is 5.39. The van der Waals surface area contributed by atoms with Crippen LogP contribution in [0, 0.1) is 13.8 Å². The fourth-order valence-electron chi connectivity index (χ4n) is 1.74. The topological polar surface area (TPSA) is 83.6 Å². The van der Waals surface area contributed by atoms with Crippen molar-refractivity contribution in [3.63, 3.8) is 0 Å². The van der Waals surface area contributed by atoms with Gasteiger partial charge in [-0.15, -0.1) is 5.10 Å². The van der Waals surface area contributed by atoms with Crippen LogP contribution in [0.2, 0.25) is 0 Å². The van der Waals surface area contributed by atoms with E-state index in [2.05, 4.69) is 15.1 Å². The molecular formula is C12H17N5O2. The molecule has 0 aliphatic carbocycles. The Labute approximate surface area is 110 Å². The van der Waals surface area contributed by atoms with Crippen molar-refractivity contribution in [3.8, 4) is 0 Å². The predicted octanol–water partition coefficient (Wildman–Crippen LogP) is 0.194. The van der Waals surface area contributed by atoms with E-state index in [1.165, 1.54) is 9.42 Å². The Kier molecular flexibility index (Phi) is 3.48. The minimum Gasteiger partial charge on any atom is -0.394 e. The normalized spacial score (nSPS) is 12.7. The van der Waals surface area contributed by atoms with Crippen LogP contribution in [-0.4, -0.2) is 55.2 Å². The van der Waals surface area contributed by atoms with Gasteiger partial charge in [0.1, 0.15) is 0 Å². The van der Waals surface area contributed by atoms with Crippen LogP contribution in [-0.2, 0) is 0 Å².